The second-order valence-electron chi connectivity index (χ2n) is 4.82. The number of aliphatic hydroxyl groups is 1. The minimum Gasteiger partial charge on any atom is -0.399 e. The average molecular weight is 256 g/mol. The largest absolute Gasteiger partial charge is 0.399 e. The quantitative estimate of drug-likeness (QED) is 0.563. The Morgan fingerprint density at radius 2 is 1.72 bits per heavy atom. The number of aliphatic hydroxyl groups excluding tert-OH is 1. The number of halogens is 2. The number of nitrogen functional groups attached to an aromatic ring is 1. The molecule has 2 unspecified atom stereocenters. The topological polar surface area (TPSA) is 58.3 Å². The molecule has 18 heavy (non-hydrogen) atoms. The molecule has 1 fully saturated rings. The van der Waals surface area contributed by atoms with Gasteiger partial charge in [0.2, 0.25) is 0 Å². The van der Waals surface area contributed by atoms with E-state index in [9.17, 15) is 13.9 Å². The fourth-order valence-electron chi connectivity index (χ4n) is 2.37. The van der Waals surface area contributed by atoms with Gasteiger partial charge in [0.15, 0.2) is 11.6 Å². The van der Waals surface area contributed by atoms with Crippen LogP contribution in [-0.2, 0) is 0 Å². The lowest BCUT2D eigenvalue weighted by Crippen LogP contribution is -2.33. The van der Waals surface area contributed by atoms with Gasteiger partial charge in [0.05, 0.1) is 12.1 Å². The van der Waals surface area contributed by atoms with Gasteiger partial charge in [-0.15, -0.1) is 0 Å². The molecule has 0 heterocycles. The molecule has 0 spiro atoms. The Morgan fingerprint density at radius 1 is 1.11 bits per heavy atom. The number of nitrogens with one attached hydrogen (secondary N) is 1. The Balaban J connectivity index is 2.17. The Bertz CT molecular complexity index is 402. The van der Waals surface area contributed by atoms with Crippen molar-refractivity contribution in [2.45, 2.75) is 44.2 Å². The van der Waals surface area contributed by atoms with Crippen LogP contribution >= 0.6 is 0 Å². The maximum absolute atomic E-state index is 13.6. The highest BCUT2D eigenvalue weighted by molar-refractivity contribution is 5.54. The molecule has 100 valence electrons. The van der Waals surface area contributed by atoms with E-state index in [4.69, 9.17) is 5.73 Å². The van der Waals surface area contributed by atoms with Crippen molar-refractivity contribution in [1.82, 2.24) is 0 Å². The van der Waals surface area contributed by atoms with Crippen molar-refractivity contribution >= 4 is 11.4 Å². The van der Waals surface area contributed by atoms with Crippen LogP contribution in [0.15, 0.2) is 12.1 Å². The number of hydrogen-bond donors (Lipinski definition) is 3. The van der Waals surface area contributed by atoms with Gasteiger partial charge in [-0.3, -0.25) is 0 Å². The number of nitrogens with two attached hydrogens (primary N) is 1. The van der Waals surface area contributed by atoms with E-state index in [1.54, 1.807) is 0 Å². The monoisotopic (exact) mass is 256 g/mol. The molecule has 1 aromatic rings. The molecule has 0 radical (unpaired) electrons. The molecule has 2 rings (SSSR count). The standard InChI is InChI=1S/C13H18F2N2O/c14-9-6-8(16)7-10(15)13(9)17-11-4-2-1-3-5-12(11)18/h6-7,11-12,17-18H,1-5,16H2. The molecule has 0 bridgehead atoms. The Labute approximate surface area is 105 Å². The lowest BCUT2D eigenvalue weighted by molar-refractivity contribution is 0.144. The summed E-state index contributed by atoms with van der Waals surface area (Å²) in [5.41, 5.74) is 5.21. The van der Waals surface area contributed by atoms with E-state index >= 15 is 0 Å². The van der Waals surface area contributed by atoms with Gasteiger partial charge in [0.25, 0.3) is 0 Å². The minimum absolute atomic E-state index is 0.0527. The van der Waals surface area contributed by atoms with Crippen molar-refractivity contribution in [2.75, 3.05) is 11.1 Å². The van der Waals surface area contributed by atoms with Crippen LogP contribution in [0.1, 0.15) is 32.1 Å². The predicted molar refractivity (Wildman–Crippen MR) is 67.3 cm³/mol. The van der Waals surface area contributed by atoms with Gasteiger partial charge in [-0.05, 0) is 25.0 Å². The molecule has 5 heteroatoms. The molecule has 1 aromatic carbocycles. The summed E-state index contributed by atoms with van der Waals surface area (Å²) in [5.74, 6) is -1.44. The van der Waals surface area contributed by atoms with Gasteiger partial charge in [0, 0.05) is 5.69 Å². The van der Waals surface area contributed by atoms with Crippen molar-refractivity contribution < 1.29 is 13.9 Å². The number of anilines is 2. The summed E-state index contributed by atoms with van der Waals surface area (Å²) in [6.45, 7) is 0. The summed E-state index contributed by atoms with van der Waals surface area (Å²) in [6, 6.07) is 1.85. The van der Waals surface area contributed by atoms with E-state index in [1.165, 1.54) is 0 Å². The van der Waals surface area contributed by atoms with Crippen LogP contribution in [0.3, 0.4) is 0 Å². The molecule has 0 saturated heterocycles. The van der Waals surface area contributed by atoms with E-state index < -0.39 is 17.7 Å². The third kappa shape index (κ3) is 2.90. The third-order valence-electron chi connectivity index (χ3n) is 3.37. The molecule has 1 aliphatic carbocycles. The maximum Gasteiger partial charge on any atom is 0.151 e. The average Bonchev–Trinajstić information content (AvgIpc) is 2.49. The first-order chi connectivity index (χ1) is 8.58. The molecular formula is C13H18F2N2O. The van der Waals surface area contributed by atoms with Gasteiger partial charge in [-0.2, -0.15) is 0 Å². The van der Waals surface area contributed by atoms with Crippen LogP contribution < -0.4 is 11.1 Å². The molecule has 4 N–H and O–H groups in total. The molecule has 0 amide bonds. The molecule has 3 nitrogen and oxygen atoms in total. The highest BCUT2D eigenvalue weighted by Crippen LogP contribution is 2.26. The zero-order valence-corrected chi connectivity index (χ0v) is 10.1. The summed E-state index contributed by atoms with van der Waals surface area (Å²) < 4.78 is 27.3. The number of benzene rings is 1. The Kier molecular flexibility index (Phi) is 4.01. The lowest BCUT2D eigenvalue weighted by Gasteiger charge is -2.23. The van der Waals surface area contributed by atoms with Crippen LogP contribution in [0.2, 0.25) is 0 Å². The van der Waals surface area contributed by atoms with Crippen LogP contribution in [0.5, 0.6) is 0 Å². The van der Waals surface area contributed by atoms with Gasteiger partial charge in [-0.1, -0.05) is 19.3 Å². The summed E-state index contributed by atoms with van der Waals surface area (Å²) in [5, 5.41) is 12.7. The highest BCUT2D eigenvalue weighted by Gasteiger charge is 2.23. The molecule has 2 atom stereocenters. The minimum atomic E-state index is -0.719. The van der Waals surface area contributed by atoms with E-state index in [1.807, 2.05) is 0 Å². The van der Waals surface area contributed by atoms with Crippen molar-refractivity contribution in [1.29, 1.82) is 0 Å². The van der Waals surface area contributed by atoms with Gasteiger partial charge in [-0.25, -0.2) is 8.78 Å². The Morgan fingerprint density at radius 3 is 2.39 bits per heavy atom. The first-order valence-corrected chi connectivity index (χ1v) is 6.27. The van der Waals surface area contributed by atoms with E-state index in [0.29, 0.717) is 12.8 Å². The van der Waals surface area contributed by atoms with Gasteiger partial charge < -0.3 is 16.2 Å². The molecule has 1 aliphatic rings. The normalized spacial score (nSPS) is 24.6. The van der Waals surface area contributed by atoms with Crippen LogP contribution in [0, 0.1) is 11.6 Å². The van der Waals surface area contributed by atoms with Crippen molar-refractivity contribution in [3.8, 4) is 0 Å². The lowest BCUT2D eigenvalue weighted by atomic mass is 10.1. The summed E-state index contributed by atoms with van der Waals surface area (Å²) in [7, 11) is 0. The van der Waals surface area contributed by atoms with Crippen molar-refractivity contribution in [2.24, 2.45) is 0 Å². The summed E-state index contributed by atoms with van der Waals surface area (Å²) in [6.07, 6.45) is 3.75. The van der Waals surface area contributed by atoms with Crippen LogP contribution in [0.4, 0.5) is 20.2 Å². The molecular weight excluding hydrogens is 238 g/mol. The molecule has 0 aliphatic heterocycles. The van der Waals surface area contributed by atoms with Gasteiger partial charge in [0.1, 0.15) is 5.69 Å². The molecule has 0 aromatic heterocycles. The third-order valence-corrected chi connectivity index (χ3v) is 3.37. The summed E-state index contributed by atoms with van der Waals surface area (Å²) in [4.78, 5) is 0. The zero-order chi connectivity index (χ0) is 13.1. The van der Waals surface area contributed by atoms with Gasteiger partial charge >= 0.3 is 0 Å². The first kappa shape index (κ1) is 13.1. The second kappa shape index (κ2) is 5.52. The Hall–Kier alpha value is -1.36. The zero-order valence-electron chi connectivity index (χ0n) is 10.1. The van der Waals surface area contributed by atoms with E-state index in [2.05, 4.69) is 5.32 Å². The van der Waals surface area contributed by atoms with Crippen molar-refractivity contribution in [3.05, 3.63) is 23.8 Å². The number of hydrogen-bond acceptors (Lipinski definition) is 3. The SMILES string of the molecule is Nc1cc(F)c(NC2CCCCCC2O)c(F)c1. The summed E-state index contributed by atoms with van der Waals surface area (Å²) >= 11 is 0. The number of rotatable bonds is 2. The fraction of sp³-hybridized carbons (Fsp3) is 0.538. The van der Waals surface area contributed by atoms with Crippen LogP contribution in [0.25, 0.3) is 0 Å². The molecule has 1 saturated carbocycles. The second-order valence-corrected chi connectivity index (χ2v) is 4.82. The first-order valence-electron chi connectivity index (χ1n) is 6.27. The van der Waals surface area contributed by atoms with Crippen molar-refractivity contribution in [3.63, 3.8) is 0 Å². The fourth-order valence-corrected chi connectivity index (χ4v) is 2.37. The van der Waals surface area contributed by atoms with E-state index in [-0.39, 0.29) is 17.4 Å². The van der Waals surface area contributed by atoms with E-state index in [0.717, 1.165) is 31.4 Å². The maximum atomic E-state index is 13.6. The highest BCUT2D eigenvalue weighted by atomic mass is 19.1. The smallest absolute Gasteiger partial charge is 0.151 e. The predicted octanol–water partition coefficient (Wildman–Crippen LogP) is 2.65. The van der Waals surface area contributed by atoms with Crippen LogP contribution in [-0.4, -0.2) is 17.3 Å².